The van der Waals surface area contributed by atoms with Gasteiger partial charge < -0.3 is 9.90 Å². The van der Waals surface area contributed by atoms with Crippen LogP contribution in [0.25, 0.3) is 0 Å². The van der Waals surface area contributed by atoms with E-state index in [0.29, 0.717) is 0 Å². The van der Waals surface area contributed by atoms with E-state index < -0.39 is 5.43 Å². The Morgan fingerprint density at radius 2 is 1.78 bits per heavy atom. The van der Waals surface area contributed by atoms with E-state index in [2.05, 4.69) is 11.6 Å². The summed E-state index contributed by atoms with van der Waals surface area (Å²) in [5.74, 6) is 0. The molecule has 0 aliphatic carbocycles. The predicted molar refractivity (Wildman–Crippen MR) is 35.6 cm³/mol. The Morgan fingerprint density at radius 3 is 1.89 bits per heavy atom. The summed E-state index contributed by atoms with van der Waals surface area (Å²) in [6, 6.07) is 4.04. The molecule has 0 bridgehead atoms. The standard InChI is InChI=1S/C4H4S.CHClO2/c1-2-4-5-3-1;2-1(3)4/h1-4H;(H,3,4)/p-1. The van der Waals surface area contributed by atoms with Gasteiger partial charge in [-0.05, 0) is 10.8 Å². The van der Waals surface area contributed by atoms with Gasteiger partial charge in [0.2, 0.25) is 0 Å². The van der Waals surface area contributed by atoms with Crippen LogP contribution in [-0.4, -0.2) is 5.43 Å². The minimum atomic E-state index is -1.61. The van der Waals surface area contributed by atoms with Crippen LogP contribution >= 0.6 is 22.9 Å². The number of carbonyl (C=O) groups is 1. The predicted octanol–water partition coefficient (Wildman–Crippen LogP) is 1.32. The van der Waals surface area contributed by atoms with Crippen molar-refractivity contribution in [3.63, 3.8) is 0 Å². The molecule has 0 atom stereocenters. The van der Waals surface area contributed by atoms with E-state index >= 15 is 0 Å². The number of rotatable bonds is 0. The van der Waals surface area contributed by atoms with Crippen LogP contribution in [0.5, 0.6) is 0 Å². The van der Waals surface area contributed by atoms with Crippen LogP contribution in [-0.2, 0) is 0 Å². The van der Waals surface area contributed by atoms with Crippen molar-refractivity contribution in [1.82, 2.24) is 0 Å². The number of carboxylic acid groups (broad SMARTS) is 1. The zero-order chi connectivity index (χ0) is 7.11. The molecule has 1 rings (SSSR count). The summed E-state index contributed by atoms with van der Waals surface area (Å²) in [4.78, 5) is 8.65. The first-order valence-corrected chi connectivity index (χ1v) is 3.39. The van der Waals surface area contributed by atoms with Gasteiger partial charge in [0.05, 0.1) is 0 Å². The third kappa shape index (κ3) is 11.2. The molecule has 2 nitrogen and oxygen atoms in total. The Hall–Kier alpha value is -0.540. The van der Waals surface area contributed by atoms with Crippen molar-refractivity contribution in [2.24, 2.45) is 0 Å². The highest BCUT2D eigenvalue weighted by Crippen LogP contribution is 1.91. The molecule has 0 aliphatic heterocycles. The van der Waals surface area contributed by atoms with E-state index in [1.54, 1.807) is 11.3 Å². The third-order valence-electron chi connectivity index (χ3n) is 0.425. The summed E-state index contributed by atoms with van der Waals surface area (Å²) in [7, 11) is 0. The maximum atomic E-state index is 8.65. The Balaban J connectivity index is 0.000000148. The Bertz CT molecular complexity index is 129. The highest BCUT2D eigenvalue weighted by molar-refractivity contribution is 7.07. The number of thiophene rings is 1. The van der Waals surface area contributed by atoms with Crippen molar-refractivity contribution in [1.29, 1.82) is 0 Å². The normalized spacial score (nSPS) is 7.22. The molecular formula is C5H4ClO2S-. The smallest absolute Gasteiger partial charge is 0.134 e. The summed E-state index contributed by atoms with van der Waals surface area (Å²) < 4.78 is 0. The van der Waals surface area contributed by atoms with Gasteiger partial charge in [-0.25, -0.2) is 0 Å². The van der Waals surface area contributed by atoms with Crippen LogP contribution in [0.2, 0.25) is 0 Å². The molecule has 50 valence electrons. The summed E-state index contributed by atoms with van der Waals surface area (Å²) in [5, 5.41) is 12.7. The molecule has 0 saturated carbocycles. The van der Waals surface area contributed by atoms with Gasteiger partial charge in [-0.3, -0.25) is 0 Å². The second kappa shape index (κ2) is 5.59. The van der Waals surface area contributed by atoms with Crippen molar-refractivity contribution >= 4 is 28.4 Å². The Kier molecular flexibility index (Phi) is 5.26. The first kappa shape index (κ1) is 8.46. The highest BCUT2D eigenvalue weighted by Gasteiger charge is 1.58. The molecule has 0 saturated heterocycles. The fourth-order valence-corrected chi connectivity index (χ4v) is 0.680. The summed E-state index contributed by atoms with van der Waals surface area (Å²) in [6.07, 6.45) is 0. The van der Waals surface area contributed by atoms with E-state index in [4.69, 9.17) is 9.90 Å². The minimum Gasteiger partial charge on any atom is -0.534 e. The van der Waals surface area contributed by atoms with Gasteiger partial charge in [-0.1, -0.05) is 23.7 Å². The first-order chi connectivity index (χ1) is 4.23. The maximum absolute atomic E-state index is 8.65. The maximum Gasteiger partial charge on any atom is 0.134 e. The molecule has 0 aromatic carbocycles. The fourth-order valence-electron chi connectivity index (χ4n) is 0.227. The third-order valence-corrected chi connectivity index (χ3v) is 1.05. The summed E-state index contributed by atoms with van der Waals surface area (Å²) in [5.41, 5.74) is -1.61. The van der Waals surface area contributed by atoms with Crippen molar-refractivity contribution in [2.75, 3.05) is 0 Å². The second-order valence-electron chi connectivity index (χ2n) is 1.03. The average molecular weight is 164 g/mol. The number of carbonyl (C=O) groups excluding carboxylic acids is 1. The van der Waals surface area contributed by atoms with Crippen molar-refractivity contribution in [3.8, 4) is 0 Å². The fraction of sp³-hybridized carbons (Fsp3) is 0. The first-order valence-electron chi connectivity index (χ1n) is 2.07. The molecular weight excluding hydrogens is 160 g/mol. The summed E-state index contributed by atoms with van der Waals surface area (Å²) >= 11 is 5.79. The molecule has 1 heterocycles. The van der Waals surface area contributed by atoms with Gasteiger partial charge in [-0.2, -0.15) is 11.3 Å². The molecule has 0 spiro atoms. The monoisotopic (exact) mass is 163 g/mol. The Morgan fingerprint density at radius 1 is 1.44 bits per heavy atom. The van der Waals surface area contributed by atoms with Gasteiger partial charge in [-0.15, -0.1) is 0 Å². The molecule has 1 aromatic rings. The summed E-state index contributed by atoms with van der Waals surface area (Å²) in [6.45, 7) is 0. The van der Waals surface area contributed by atoms with E-state index in [-0.39, 0.29) is 0 Å². The lowest BCUT2D eigenvalue weighted by molar-refractivity contribution is -0.233. The number of hydrogen-bond donors (Lipinski definition) is 0. The molecule has 0 N–H and O–H groups in total. The van der Waals surface area contributed by atoms with Gasteiger partial charge in [0, 0.05) is 0 Å². The molecule has 0 aliphatic rings. The number of hydrogen-bond acceptors (Lipinski definition) is 3. The van der Waals surface area contributed by atoms with Crippen LogP contribution in [0.4, 0.5) is 4.79 Å². The molecule has 4 heteroatoms. The second-order valence-corrected chi connectivity index (χ2v) is 2.16. The van der Waals surface area contributed by atoms with E-state index in [9.17, 15) is 0 Å². The van der Waals surface area contributed by atoms with Crippen molar-refractivity contribution < 1.29 is 9.90 Å². The van der Waals surface area contributed by atoms with E-state index in [1.165, 1.54) is 0 Å². The average Bonchev–Trinajstić information content (AvgIpc) is 2.11. The van der Waals surface area contributed by atoms with Crippen LogP contribution in [0.15, 0.2) is 22.9 Å². The van der Waals surface area contributed by atoms with Crippen LogP contribution in [0, 0.1) is 0 Å². The van der Waals surface area contributed by atoms with Crippen molar-refractivity contribution in [3.05, 3.63) is 22.9 Å². The topological polar surface area (TPSA) is 40.1 Å². The lowest BCUT2D eigenvalue weighted by atomic mass is 10.7. The van der Waals surface area contributed by atoms with Gasteiger partial charge in [0.25, 0.3) is 0 Å². The lowest BCUT2D eigenvalue weighted by Crippen LogP contribution is -2.11. The van der Waals surface area contributed by atoms with E-state index in [1.807, 2.05) is 22.9 Å². The molecule has 0 unspecified atom stereocenters. The van der Waals surface area contributed by atoms with E-state index in [0.717, 1.165) is 0 Å². The van der Waals surface area contributed by atoms with Crippen LogP contribution < -0.4 is 5.11 Å². The molecule has 0 radical (unpaired) electrons. The molecule has 0 amide bonds. The van der Waals surface area contributed by atoms with Crippen LogP contribution in [0.1, 0.15) is 0 Å². The largest absolute Gasteiger partial charge is 0.534 e. The molecule has 9 heavy (non-hydrogen) atoms. The lowest BCUT2D eigenvalue weighted by Gasteiger charge is -1.73. The molecule has 0 fully saturated rings. The highest BCUT2D eigenvalue weighted by atomic mass is 35.5. The quantitative estimate of drug-likeness (QED) is 0.542. The van der Waals surface area contributed by atoms with Crippen LogP contribution in [0.3, 0.4) is 0 Å². The Labute approximate surface area is 61.7 Å². The van der Waals surface area contributed by atoms with Gasteiger partial charge >= 0.3 is 0 Å². The van der Waals surface area contributed by atoms with Gasteiger partial charge in [0.1, 0.15) is 5.43 Å². The zero-order valence-corrected chi connectivity index (χ0v) is 5.98. The van der Waals surface area contributed by atoms with Gasteiger partial charge in [0.15, 0.2) is 0 Å². The molecule has 1 aromatic heterocycles. The minimum absolute atomic E-state index is 1.61. The number of halogens is 1. The van der Waals surface area contributed by atoms with Crippen molar-refractivity contribution in [2.45, 2.75) is 0 Å². The zero-order valence-electron chi connectivity index (χ0n) is 4.41. The SMILES string of the molecule is O=C([O-])Cl.c1ccsc1.